The van der Waals surface area contributed by atoms with Gasteiger partial charge in [0.2, 0.25) is 1.43 Å². The molecule has 1 unspecified atom stereocenters. The lowest BCUT2D eigenvalue weighted by Gasteiger charge is -2.01. The maximum atomic E-state index is 12.4. The minimum Gasteiger partial charge on any atom is -0.389 e. The highest BCUT2D eigenvalue weighted by Crippen LogP contribution is 2.11. The van der Waals surface area contributed by atoms with Crippen LogP contribution < -0.4 is 0 Å². The summed E-state index contributed by atoms with van der Waals surface area (Å²) in [5.41, 5.74) is 0.457. The Labute approximate surface area is 62.0 Å². The summed E-state index contributed by atoms with van der Waals surface area (Å²) in [6.45, 7) is 1.42. The van der Waals surface area contributed by atoms with E-state index in [4.69, 9.17) is 2.80 Å². The standard InChI is InChI=1S/C8H9FO/c1-6(10)7-2-4-8(9)5-3-7/h2-6,10H,1H3/i6D,10D. The number of halogens is 1. The van der Waals surface area contributed by atoms with Crippen molar-refractivity contribution in [3.05, 3.63) is 35.6 Å². The molecule has 0 saturated heterocycles. The Hall–Kier alpha value is -0.890. The summed E-state index contributed by atoms with van der Waals surface area (Å²) in [6.07, 6.45) is -1.42. The second-order valence-electron chi connectivity index (χ2n) is 2.06. The van der Waals surface area contributed by atoms with Gasteiger partial charge in [0.1, 0.15) is 5.82 Å². The second-order valence-corrected chi connectivity index (χ2v) is 2.06. The predicted molar refractivity (Wildman–Crippen MR) is 37.0 cm³/mol. The zero-order valence-corrected chi connectivity index (χ0v) is 5.60. The molecular weight excluding hydrogens is 131 g/mol. The number of hydrogen-bond donors (Lipinski definition) is 1. The van der Waals surface area contributed by atoms with Crippen molar-refractivity contribution in [3.8, 4) is 0 Å². The highest BCUT2D eigenvalue weighted by atomic mass is 19.1. The van der Waals surface area contributed by atoms with Gasteiger partial charge >= 0.3 is 0 Å². The Kier molecular flexibility index (Phi) is 1.36. The molecular formula is C8H9FO. The number of rotatable bonds is 2. The molecule has 1 atom stereocenters. The third kappa shape index (κ3) is 1.54. The second kappa shape index (κ2) is 2.80. The Balaban J connectivity index is 2.96. The van der Waals surface area contributed by atoms with Gasteiger partial charge in [0.25, 0.3) is 0 Å². The molecule has 0 aliphatic rings. The lowest BCUT2D eigenvalue weighted by molar-refractivity contribution is 0.199. The number of benzene rings is 1. The van der Waals surface area contributed by atoms with Crippen molar-refractivity contribution in [1.29, 1.82) is 1.43 Å². The molecule has 0 aromatic heterocycles. The van der Waals surface area contributed by atoms with Crippen LogP contribution in [0.15, 0.2) is 24.3 Å². The SMILES string of the molecule is [2H]OC([2H])(C)c1ccc(F)cc1. The predicted octanol–water partition coefficient (Wildman–Crippen LogP) is 1.88. The maximum Gasteiger partial charge on any atom is 0.211 e. The van der Waals surface area contributed by atoms with Crippen LogP contribution in [0.1, 0.15) is 19.9 Å². The molecule has 0 heterocycles. The van der Waals surface area contributed by atoms with Crippen LogP contribution in [-0.2, 0) is 0 Å². The summed E-state index contributed by atoms with van der Waals surface area (Å²) < 4.78 is 26.5. The maximum absolute atomic E-state index is 12.4. The van der Waals surface area contributed by atoms with Gasteiger partial charge in [-0.2, -0.15) is 0 Å². The van der Waals surface area contributed by atoms with Crippen molar-refractivity contribution in [3.63, 3.8) is 0 Å². The fourth-order valence-corrected chi connectivity index (χ4v) is 0.685. The number of aliphatic hydroxyl groups is 1. The molecule has 0 aliphatic heterocycles. The average Bonchev–Trinajstić information content (AvgIpc) is 2.05. The first-order chi connectivity index (χ1) is 5.56. The van der Waals surface area contributed by atoms with Gasteiger partial charge in [0.15, 0.2) is 0 Å². The van der Waals surface area contributed by atoms with E-state index in [-0.39, 0.29) is 5.82 Å². The molecule has 0 aliphatic carbocycles. The Morgan fingerprint density at radius 2 is 2.20 bits per heavy atom. The summed E-state index contributed by atoms with van der Waals surface area (Å²) in [5, 5.41) is 4.16. The Morgan fingerprint density at radius 1 is 1.60 bits per heavy atom. The normalized spacial score (nSPS) is 19.0. The van der Waals surface area contributed by atoms with Crippen LogP contribution in [0.5, 0.6) is 0 Å². The molecule has 0 bridgehead atoms. The van der Waals surface area contributed by atoms with E-state index in [1.54, 1.807) is 0 Å². The molecule has 1 aromatic rings. The zero-order valence-electron chi connectivity index (χ0n) is 7.60. The minimum absolute atomic E-state index is 0.362. The van der Waals surface area contributed by atoms with Gasteiger partial charge in [-0.05, 0) is 24.6 Å². The van der Waals surface area contributed by atoms with Crippen LogP contribution in [0.25, 0.3) is 0 Å². The topological polar surface area (TPSA) is 20.2 Å². The largest absolute Gasteiger partial charge is 0.389 e. The van der Waals surface area contributed by atoms with Gasteiger partial charge in [-0.1, -0.05) is 12.1 Å². The molecule has 0 amide bonds. The summed E-state index contributed by atoms with van der Waals surface area (Å²) in [6, 6.07) is 5.33. The van der Waals surface area contributed by atoms with Crippen molar-refractivity contribution in [2.75, 3.05) is 0 Å². The molecule has 0 radical (unpaired) electrons. The highest BCUT2D eigenvalue weighted by molar-refractivity contribution is 5.17. The Bertz CT molecular complexity index is 258. The van der Waals surface area contributed by atoms with Gasteiger partial charge < -0.3 is 5.11 Å². The van der Waals surface area contributed by atoms with E-state index in [1.807, 2.05) is 0 Å². The van der Waals surface area contributed by atoms with Crippen molar-refractivity contribution >= 4 is 0 Å². The summed E-state index contributed by atoms with van der Waals surface area (Å²) in [7, 11) is 0. The van der Waals surface area contributed by atoms with Crippen LogP contribution in [0.4, 0.5) is 4.39 Å². The quantitative estimate of drug-likeness (QED) is 0.668. The van der Waals surface area contributed by atoms with E-state index in [0.29, 0.717) is 5.56 Å². The van der Waals surface area contributed by atoms with Gasteiger partial charge in [0.05, 0.1) is 7.45 Å². The lowest BCUT2D eigenvalue weighted by atomic mass is 10.1. The van der Waals surface area contributed by atoms with Crippen molar-refractivity contribution in [2.24, 2.45) is 0 Å². The van der Waals surface area contributed by atoms with E-state index < -0.39 is 6.08 Å². The average molecular weight is 142 g/mol. The van der Waals surface area contributed by atoms with Crippen LogP contribution in [0.3, 0.4) is 0 Å². The van der Waals surface area contributed by atoms with Gasteiger partial charge in [0, 0.05) is 0 Å². The van der Waals surface area contributed by atoms with Crippen LogP contribution in [-0.4, -0.2) is 6.54 Å². The van der Waals surface area contributed by atoms with E-state index in [1.165, 1.54) is 31.2 Å². The van der Waals surface area contributed by atoms with Gasteiger partial charge in [-0.3, -0.25) is 0 Å². The minimum atomic E-state index is -1.42. The van der Waals surface area contributed by atoms with Crippen LogP contribution >= 0.6 is 0 Å². The summed E-state index contributed by atoms with van der Waals surface area (Å²) in [4.78, 5) is 0. The van der Waals surface area contributed by atoms with Crippen LogP contribution in [0, 0.1) is 5.82 Å². The monoisotopic (exact) mass is 142 g/mol. The molecule has 2 heteroatoms. The molecule has 0 saturated carbocycles. The lowest BCUT2D eigenvalue weighted by Crippen LogP contribution is -1.89. The third-order valence-electron chi connectivity index (χ3n) is 1.25. The summed E-state index contributed by atoms with van der Waals surface area (Å²) in [5.74, 6) is -0.362. The molecule has 54 valence electrons. The highest BCUT2D eigenvalue weighted by Gasteiger charge is 1.98. The van der Waals surface area contributed by atoms with E-state index >= 15 is 0 Å². The molecule has 1 N–H and O–H groups in total. The van der Waals surface area contributed by atoms with Crippen LogP contribution in [0.2, 0.25) is 0 Å². The van der Waals surface area contributed by atoms with E-state index in [0.717, 1.165) is 0 Å². The van der Waals surface area contributed by atoms with E-state index in [2.05, 4.69) is 5.11 Å². The van der Waals surface area contributed by atoms with Crippen molar-refractivity contribution in [2.45, 2.75) is 13.0 Å². The van der Waals surface area contributed by atoms with E-state index in [9.17, 15) is 4.39 Å². The first-order valence-electron chi connectivity index (χ1n) is 3.87. The molecule has 1 aromatic carbocycles. The van der Waals surface area contributed by atoms with Gasteiger partial charge in [-0.25, -0.2) is 4.39 Å². The molecule has 1 nitrogen and oxygen atoms in total. The van der Waals surface area contributed by atoms with Crippen molar-refractivity contribution < 1.29 is 10.9 Å². The molecule has 1 rings (SSSR count). The fraction of sp³-hybridized carbons (Fsp3) is 0.250. The summed E-state index contributed by atoms with van der Waals surface area (Å²) >= 11 is 0. The zero-order chi connectivity index (χ0) is 9.19. The van der Waals surface area contributed by atoms with Crippen molar-refractivity contribution in [1.82, 2.24) is 0 Å². The first-order valence-corrected chi connectivity index (χ1v) is 2.96. The Morgan fingerprint density at radius 3 is 2.70 bits per heavy atom. The third-order valence-corrected chi connectivity index (χ3v) is 1.25. The molecule has 0 spiro atoms. The molecule has 10 heavy (non-hydrogen) atoms. The first kappa shape index (κ1) is 4.85. The fourth-order valence-electron chi connectivity index (χ4n) is 0.685. The van der Waals surface area contributed by atoms with Gasteiger partial charge in [-0.15, -0.1) is 0 Å². The smallest absolute Gasteiger partial charge is 0.211 e. The molecule has 0 fully saturated rings. The number of hydrogen-bond acceptors (Lipinski definition) is 1.